The summed E-state index contributed by atoms with van der Waals surface area (Å²) in [4.78, 5) is 17.7. The van der Waals surface area contributed by atoms with Crippen LogP contribution in [0.4, 0.5) is 5.82 Å². The zero-order chi connectivity index (χ0) is 29.9. The molecule has 4 aliphatic carbocycles. The molecule has 4 bridgehead atoms. The highest BCUT2D eigenvalue weighted by Gasteiger charge is 2.50. The zero-order valence-electron chi connectivity index (χ0n) is 25.8. The highest BCUT2D eigenvalue weighted by atomic mass is 16.5. The van der Waals surface area contributed by atoms with Crippen LogP contribution in [-0.4, -0.2) is 60.3 Å². The van der Waals surface area contributed by atoms with E-state index in [4.69, 9.17) is 4.74 Å². The Morgan fingerprint density at radius 2 is 1.66 bits per heavy atom. The summed E-state index contributed by atoms with van der Waals surface area (Å²) >= 11 is 0. The van der Waals surface area contributed by atoms with Gasteiger partial charge in [0.15, 0.2) is 11.5 Å². The highest BCUT2D eigenvalue weighted by Crippen LogP contribution is 2.59. The molecule has 4 saturated carbocycles. The summed E-state index contributed by atoms with van der Waals surface area (Å²) in [5.74, 6) is 10.9. The van der Waals surface area contributed by atoms with E-state index < -0.39 is 0 Å². The molecular formula is C37H43N5O2. The van der Waals surface area contributed by atoms with Crippen LogP contribution in [0.25, 0.3) is 0 Å². The molecule has 7 nitrogen and oxygen atoms in total. The first-order valence-corrected chi connectivity index (χ1v) is 16.5. The Hall–Kier alpha value is -3.89. The monoisotopic (exact) mass is 589 g/mol. The predicted molar refractivity (Wildman–Crippen MR) is 172 cm³/mol. The summed E-state index contributed by atoms with van der Waals surface area (Å²) in [5, 5.41) is 12.0. The molecule has 1 N–H and O–H groups in total. The van der Waals surface area contributed by atoms with E-state index in [0.29, 0.717) is 17.7 Å². The number of benzene rings is 2. The fraction of sp³-hybridized carbons (Fsp3) is 0.486. The van der Waals surface area contributed by atoms with E-state index >= 15 is 0 Å². The van der Waals surface area contributed by atoms with Crippen molar-refractivity contribution in [1.29, 1.82) is 0 Å². The van der Waals surface area contributed by atoms with Crippen LogP contribution in [0.2, 0.25) is 0 Å². The molecule has 1 aromatic heterocycles. The van der Waals surface area contributed by atoms with Crippen molar-refractivity contribution in [2.75, 3.05) is 44.2 Å². The van der Waals surface area contributed by atoms with Gasteiger partial charge in [0.25, 0.3) is 5.91 Å². The zero-order valence-corrected chi connectivity index (χ0v) is 25.8. The van der Waals surface area contributed by atoms with Gasteiger partial charge in [0.05, 0.1) is 6.61 Å². The third kappa shape index (κ3) is 6.46. The van der Waals surface area contributed by atoms with Gasteiger partial charge in [-0.25, -0.2) is 0 Å². The first kappa shape index (κ1) is 28.9. The molecule has 3 aromatic rings. The van der Waals surface area contributed by atoms with E-state index in [1.807, 2.05) is 49.4 Å². The fourth-order valence-corrected chi connectivity index (χ4v) is 8.61. The Balaban J connectivity index is 0.913. The number of nitrogens with one attached hydrogen (secondary N) is 1. The van der Waals surface area contributed by atoms with Gasteiger partial charge in [-0.15, -0.1) is 10.2 Å². The number of anilines is 1. The molecule has 228 valence electrons. The topological polar surface area (TPSA) is 70.6 Å². The molecule has 0 radical (unpaired) electrons. The first-order chi connectivity index (χ1) is 21.5. The average molecular weight is 590 g/mol. The Labute approximate surface area is 261 Å². The molecule has 2 heterocycles. The van der Waals surface area contributed by atoms with Crippen LogP contribution in [0.5, 0.6) is 5.75 Å². The summed E-state index contributed by atoms with van der Waals surface area (Å²) in [7, 11) is 0. The van der Waals surface area contributed by atoms with E-state index in [1.54, 1.807) is 0 Å². The molecule has 0 atom stereocenters. The van der Waals surface area contributed by atoms with Crippen LogP contribution in [0.3, 0.4) is 0 Å². The van der Waals surface area contributed by atoms with Crippen molar-refractivity contribution in [3.8, 4) is 17.6 Å². The van der Waals surface area contributed by atoms with Crippen LogP contribution in [0.1, 0.15) is 72.6 Å². The first-order valence-electron chi connectivity index (χ1n) is 16.5. The SMILES string of the molecule is CCOc1cccc(C#Cc2ccccc2CN2CCN(c3ccc(C(=O)NCC45CC6CC(CC(C6)C4)C5)nn3)CC2)c1. The van der Waals surface area contributed by atoms with Crippen molar-refractivity contribution >= 4 is 11.7 Å². The van der Waals surface area contributed by atoms with Crippen molar-refractivity contribution in [2.45, 2.75) is 52.0 Å². The smallest absolute Gasteiger partial charge is 0.271 e. The third-order valence-electron chi connectivity index (χ3n) is 10.3. The van der Waals surface area contributed by atoms with Gasteiger partial charge in [-0.1, -0.05) is 36.1 Å². The lowest BCUT2D eigenvalue weighted by molar-refractivity contribution is -0.0503. The molecule has 1 amide bonds. The standard InChI is InChI=1S/C37H43N5O2/c1-2-44-33-9-5-6-27(21-33)10-11-31-7-3-4-8-32(31)25-41-14-16-42(17-15-41)35-13-12-34(39-40-35)36(43)38-26-37-22-28-18-29(23-37)20-30(19-28)24-37/h3-9,12-13,21,28-30H,2,14-20,22-26H2,1H3,(H,38,43). The lowest BCUT2D eigenvalue weighted by Crippen LogP contribution is -2.51. The normalized spacial score (nSPS) is 25.8. The molecular weight excluding hydrogens is 546 g/mol. The second-order valence-electron chi connectivity index (χ2n) is 13.5. The van der Waals surface area contributed by atoms with E-state index in [0.717, 1.165) is 79.7 Å². The quantitative estimate of drug-likeness (QED) is 0.348. The predicted octanol–water partition coefficient (Wildman–Crippen LogP) is 5.54. The largest absolute Gasteiger partial charge is 0.494 e. The van der Waals surface area contributed by atoms with E-state index in [2.05, 4.69) is 55.4 Å². The van der Waals surface area contributed by atoms with Crippen molar-refractivity contribution in [2.24, 2.45) is 23.2 Å². The molecule has 5 aliphatic rings. The number of piperazine rings is 1. The second-order valence-corrected chi connectivity index (χ2v) is 13.5. The molecule has 1 saturated heterocycles. The molecule has 8 rings (SSSR count). The molecule has 0 spiro atoms. The van der Waals surface area contributed by atoms with Gasteiger partial charge in [0.2, 0.25) is 0 Å². The number of hydrogen-bond donors (Lipinski definition) is 1. The summed E-state index contributed by atoms with van der Waals surface area (Å²) in [5.41, 5.74) is 3.98. The summed E-state index contributed by atoms with van der Waals surface area (Å²) < 4.78 is 5.62. The fourth-order valence-electron chi connectivity index (χ4n) is 8.61. The maximum atomic E-state index is 13.0. The maximum Gasteiger partial charge on any atom is 0.271 e. The molecule has 5 fully saturated rings. The number of rotatable bonds is 8. The van der Waals surface area contributed by atoms with Gasteiger partial charge in [0, 0.05) is 50.4 Å². The number of carbonyl (C=O) groups is 1. The minimum atomic E-state index is -0.0895. The third-order valence-corrected chi connectivity index (χ3v) is 10.3. The molecule has 7 heteroatoms. The van der Waals surface area contributed by atoms with Crippen LogP contribution >= 0.6 is 0 Å². The van der Waals surface area contributed by atoms with Crippen molar-refractivity contribution in [1.82, 2.24) is 20.4 Å². The number of carbonyl (C=O) groups excluding carboxylic acids is 1. The van der Waals surface area contributed by atoms with E-state index in [-0.39, 0.29) is 5.91 Å². The van der Waals surface area contributed by atoms with Gasteiger partial charge in [-0.2, -0.15) is 0 Å². The van der Waals surface area contributed by atoms with Crippen molar-refractivity contribution < 1.29 is 9.53 Å². The van der Waals surface area contributed by atoms with Gasteiger partial charge < -0.3 is 15.0 Å². The Kier molecular flexibility index (Phi) is 8.27. The summed E-state index contributed by atoms with van der Waals surface area (Å²) in [6.45, 7) is 7.85. The minimum absolute atomic E-state index is 0.0895. The second kappa shape index (κ2) is 12.6. The van der Waals surface area contributed by atoms with E-state index in [1.165, 1.54) is 44.1 Å². The molecule has 44 heavy (non-hydrogen) atoms. The lowest BCUT2D eigenvalue weighted by atomic mass is 9.49. The van der Waals surface area contributed by atoms with Gasteiger partial charge >= 0.3 is 0 Å². The molecule has 0 unspecified atom stereocenters. The van der Waals surface area contributed by atoms with Crippen molar-refractivity contribution in [3.05, 3.63) is 83.0 Å². The Morgan fingerprint density at radius 3 is 2.36 bits per heavy atom. The number of ether oxygens (including phenoxy) is 1. The lowest BCUT2D eigenvalue weighted by Gasteiger charge is -2.56. The summed E-state index contributed by atoms with van der Waals surface area (Å²) in [6, 6.07) is 20.1. The van der Waals surface area contributed by atoms with Gasteiger partial charge in [0.1, 0.15) is 5.75 Å². The van der Waals surface area contributed by atoms with Crippen molar-refractivity contribution in [3.63, 3.8) is 0 Å². The van der Waals surface area contributed by atoms with Crippen LogP contribution < -0.4 is 15.0 Å². The number of amides is 1. The maximum absolute atomic E-state index is 13.0. The van der Waals surface area contributed by atoms with E-state index in [9.17, 15) is 4.79 Å². The average Bonchev–Trinajstić information content (AvgIpc) is 3.03. The molecule has 2 aromatic carbocycles. The molecule has 1 aliphatic heterocycles. The van der Waals surface area contributed by atoms with Gasteiger partial charge in [-0.3, -0.25) is 9.69 Å². The number of aromatic nitrogens is 2. The number of nitrogens with zero attached hydrogens (tertiary/aromatic N) is 4. The Bertz CT molecular complexity index is 1500. The van der Waals surface area contributed by atoms with Crippen LogP contribution in [0, 0.1) is 35.0 Å². The van der Waals surface area contributed by atoms with Crippen LogP contribution in [0.15, 0.2) is 60.7 Å². The highest BCUT2D eigenvalue weighted by molar-refractivity contribution is 5.92. The summed E-state index contributed by atoms with van der Waals surface area (Å²) in [6.07, 6.45) is 8.12. The minimum Gasteiger partial charge on any atom is -0.494 e. The Morgan fingerprint density at radius 1 is 0.909 bits per heavy atom. The van der Waals surface area contributed by atoms with Crippen LogP contribution in [-0.2, 0) is 6.54 Å². The number of hydrogen-bond acceptors (Lipinski definition) is 6. The van der Waals surface area contributed by atoms with Gasteiger partial charge in [-0.05, 0) is 111 Å².